The van der Waals surface area contributed by atoms with Crippen molar-refractivity contribution in [2.75, 3.05) is 82.2 Å². The molecule has 0 saturated carbocycles. The van der Waals surface area contributed by atoms with Crippen molar-refractivity contribution in [2.45, 2.75) is 53.3 Å². The van der Waals surface area contributed by atoms with Crippen molar-refractivity contribution < 1.29 is 19.1 Å². The maximum Gasteiger partial charge on any atom is 0.410 e. The van der Waals surface area contributed by atoms with Gasteiger partial charge in [0.05, 0.1) is 43.3 Å². The van der Waals surface area contributed by atoms with Crippen molar-refractivity contribution in [2.24, 2.45) is 4.99 Å². The second kappa shape index (κ2) is 27.0. The number of hydrogen-bond donors (Lipinski definition) is 1. The van der Waals surface area contributed by atoms with Crippen molar-refractivity contribution in [3.8, 4) is 11.4 Å². The lowest BCUT2D eigenvalue weighted by Gasteiger charge is -2.39. The molecule has 390 valence electrons. The van der Waals surface area contributed by atoms with Gasteiger partial charge in [-0.3, -0.25) is 38.2 Å². The monoisotopic (exact) mass is 1100 g/mol. The Balaban J connectivity index is 0.000000222. The van der Waals surface area contributed by atoms with Crippen LogP contribution < -0.4 is 21.3 Å². The third-order valence-electron chi connectivity index (χ3n) is 11.7. The molecule has 3 aromatic heterocycles. The van der Waals surface area contributed by atoms with Crippen LogP contribution in [0.1, 0.15) is 53.3 Å². The molecule has 5 aromatic rings. The number of carbonyl (C=O) groups excluding carboxylic acids is 3. The minimum atomic E-state index is -0.531. The molecule has 0 spiro atoms. The number of nitrogens with one attached hydrogen (secondary N) is 1. The second-order valence-corrected chi connectivity index (χ2v) is 19.5. The lowest BCUT2D eigenvalue weighted by molar-refractivity contribution is -0.128. The van der Waals surface area contributed by atoms with E-state index in [2.05, 4.69) is 68.9 Å². The van der Waals surface area contributed by atoms with Crippen LogP contribution in [0.2, 0.25) is 20.1 Å². The zero-order valence-corrected chi connectivity index (χ0v) is 45.4. The number of piperazine rings is 2. The van der Waals surface area contributed by atoms with Gasteiger partial charge in [0.15, 0.2) is 0 Å². The molecular formula is C51H60Cl5N11O6. The van der Waals surface area contributed by atoms with E-state index in [0.717, 1.165) is 28.5 Å². The molecule has 2 aromatic carbocycles. The van der Waals surface area contributed by atoms with Gasteiger partial charge >= 0.3 is 6.09 Å². The third kappa shape index (κ3) is 15.9. The van der Waals surface area contributed by atoms with Crippen LogP contribution in [0.25, 0.3) is 22.3 Å². The lowest BCUT2D eigenvalue weighted by Crippen LogP contribution is -2.50. The molecule has 2 fully saturated rings. The topological polar surface area (TPSA) is 171 Å². The number of carbonyl (C=O) groups is 3. The summed E-state index contributed by atoms with van der Waals surface area (Å²) in [6, 6.07) is 13.0. The van der Waals surface area contributed by atoms with Gasteiger partial charge in [0.2, 0.25) is 11.1 Å². The Bertz CT molecular complexity index is 2920. The van der Waals surface area contributed by atoms with Gasteiger partial charge in [-0.05, 0) is 101 Å². The molecule has 2 saturated heterocycles. The number of halogens is 5. The first-order chi connectivity index (χ1) is 34.7. The van der Waals surface area contributed by atoms with E-state index in [1.807, 2.05) is 32.9 Å². The fourth-order valence-electron chi connectivity index (χ4n) is 7.85. The van der Waals surface area contributed by atoms with Crippen molar-refractivity contribution in [1.29, 1.82) is 0 Å². The first-order valence-corrected chi connectivity index (χ1v) is 25.4. The van der Waals surface area contributed by atoms with Crippen LogP contribution in [0.5, 0.6) is 0 Å². The number of aliphatic imine (C=N–C) groups is 1. The van der Waals surface area contributed by atoms with Crippen molar-refractivity contribution in [3.63, 3.8) is 0 Å². The highest BCUT2D eigenvalue weighted by Crippen LogP contribution is 2.37. The summed E-state index contributed by atoms with van der Waals surface area (Å²) in [5, 5.41) is 5.07. The Morgan fingerprint density at radius 3 is 1.79 bits per heavy atom. The van der Waals surface area contributed by atoms with Gasteiger partial charge in [0, 0.05) is 93.5 Å². The number of fused-ring (bicyclic) bond motifs is 2. The van der Waals surface area contributed by atoms with E-state index in [4.69, 9.17) is 62.7 Å². The highest BCUT2D eigenvalue weighted by molar-refractivity contribution is 6.66. The summed E-state index contributed by atoms with van der Waals surface area (Å²) in [6.07, 6.45) is 8.05. The fraction of sp³-hybridized carbons (Fsp3) is 0.373. The molecule has 1 atom stereocenters. The maximum absolute atomic E-state index is 12.3. The molecule has 22 heteroatoms. The van der Waals surface area contributed by atoms with Gasteiger partial charge in [-0.1, -0.05) is 80.3 Å². The van der Waals surface area contributed by atoms with E-state index >= 15 is 0 Å². The molecule has 8 rings (SSSR count). The minimum absolute atomic E-state index is 0.0569. The molecule has 6 heterocycles. The quantitative estimate of drug-likeness (QED) is 0.110. The molecule has 0 aliphatic carbocycles. The number of nitrogens with zero attached hydrogens (tertiary/aromatic N) is 10. The molecule has 17 nitrogen and oxygen atoms in total. The van der Waals surface area contributed by atoms with Crippen LogP contribution >= 0.6 is 58.0 Å². The standard InChI is InChI=1S/C22H23Cl2N5O3.C20H19Cl2N5O2.C6H15N.C3H3ClO/c1-22(2,3)32-21(31)28-8-6-27(7-9-28)20-15-10-16(24)18(11-17(15)25-13-26-20)29-12-14(23)4-5-19(29)30;1-2-18(28)25-5-7-26(8-6-25)20-14-9-15(22)17(10-16(14)23-12-24-20)27-11-13(21)3-4-19(27)29;1-4-7(5-2)6-3;1-2-3(4)5/h4-5,10-13H,6-9H2,1-3H3;2-4,9-12,20H,1,5-8H2,(H,23,24);4-6H2,1-3H3;2H,1H2. The Labute approximate surface area is 450 Å². The van der Waals surface area contributed by atoms with Gasteiger partial charge < -0.3 is 29.7 Å². The van der Waals surface area contributed by atoms with E-state index in [0.29, 0.717) is 89.3 Å². The number of ether oxygens (including phenoxy) is 1. The fourth-order valence-corrected chi connectivity index (χ4v) is 8.69. The molecule has 73 heavy (non-hydrogen) atoms. The number of allylic oxidation sites excluding steroid dienone is 1. The Morgan fingerprint density at radius 1 is 0.753 bits per heavy atom. The zero-order chi connectivity index (χ0) is 53.6. The molecule has 0 radical (unpaired) electrons. The van der Waals surface area contributed by atoms with Gasteiger partial charge in [-0.15, -0.1) is 0 Å². The summed E-state index contributed by atoms with van der Waals surface area (Å²) in [4.78, 5) is 81.7. The number of benzene rings is 2. The average molecular weight is 1100 g/mol. The summed E-state index contributed by atoms with van der Waals surface area (Å²) < 4.78 is 8.28. The molecular weight excluding hydrogens is 1040 g/mol. The molecule has 2 amide bonds. The van der Waals surface area contributed by atoms with Crippen LogP contribution in [-0.4, -0.2) is 140 Å². The number of amides is 2. The highest BCUT2D eigenvalue weighted by Gasteiger charge is 2.30. The number of pyridine rings is 2. The van der Waals surface area contributed by atoms with Gasteiger partial charge in [-0.2, -0.15) is 0 Å². The summed E-state index contributed by atoms with van der Waals surface area (Å²) in [5.41, 5.74) is 2.42. The van der Waals surface area contributed by atoms with Crippen LogP contribution in [0.15, 0.2) is 107 Å². The van der Waals surface area contributed by atoms with Gasteiger partial charge in [-0.25, -0.2) is 14.8 Å². The number of aromatic nitrogens is 4. The van der Waals surface area contributed by atoms with E-state index < -0.39 is 10.8 Å². The molecule has 3 aliphatic rings. The Morgan fingerprint density at radius 2 is 1.29 bits per heavy atom. The molecule has 3 aliphatic heterocycles. The highest BCUT2D eigenvalue weighted by atomic mass is 35.5. The van der Waals surface area contributed by atoms with Crippen molar-refractivity contribution in [1.82, 2.24) is 38.7 Å². The van der Waals surface area contributed by atoms with Gasteiger partial charge in [0.1, 0.15) is 23.9 Å². The van der Waals surface area contributed by atoms with Crippen LogP contribution in [-0.2, 0) is 14.3 Å². The van der Waals surface area contributed by atoms with Crippen LogP contribution in [0, 0.1) is 0 Å². The van der Waals surface area contributed by atoms with E-state index in [-0.39, 0.29) is 29.3 Å². The predicted molar refractivity (Wildman–Crippen MR) is 295 cm³/mol. The average Bonchev–Trinajstić information content (AvgIpc) is 3.37. The van der Waals surface area contributed by atoms with Crippen LogP contribution in [0.4, 0.5) is 16.3 Å². The summed E-state index contributed by atoms with van der Waals surface area (Å²) >= 11 is 29.9. The van der Waals surface area contributed by atoms with E-state index in [1.54, 1.807) is 40.5 Å². The maximum atomic E-state index is 12.3. The predicted octanol–water partition coefficient (Wildman–Crippen LogP) is 9.36. The lowest BCUT2D eigenvalue weighted by atomic mass is 10.1. The normalized spacial score (nSPS) is 15.3. The summed E-state index contributed by atoms with van der Waals surface area (Å²) in [7, 11) is 0. The third-order valence-corrected chi connectivity index (χ3v) is 12.9. The van der Waals surface area contributed by atoms with Crippen LogP contribution in [0.3, 0.4) is 0 Å². The van der Waals surface area contributed by atoms with Crippen molar-refractivity contribution >= 4 is 104 Å². The number of hydrogen-bond acceptors (Lipinski definition) is 13. The molecule has 1 N–H and O–H groups in total. The molecule has 0 bridgehead atoms. The largest absolute Gasteiger partial charge is 0.444 e. The summed E-state index contributed by atoms with van der Waals surface area (Å²) in [5.74, 6) is 0.671. The Hall–Kier alpha value is -5.79. The number of rotatable bonds is 9. The van der Waals surface area contributed by atoms with Crippen molar-refractivity contribution in [3.05, 3.63) is 139 Å². The summed E-state index contributed by atoms with van der Waals surface area (Å²) in [6.45, 7) is 27.1. The van der Waals surface area contributed by atoms with Gasteiger partial charge in [0.25, 0.3) is 11.1 Å². The second-order valence-electron chi connectivity index (χ2n) is 17.5. The zero-order valence-electron chi connectivity index (χ0n) is 41.7. The minimum Gasteiger partial charge on any atom is -0.444 e. The Kier molecular flexibility index (Phi) is 21.5. The van der Waals surface area contributed by atoms with E-state index in [9.17, 15) is 24.0 Å². The molecule has 1 unspecified atom stereocenters. The van der Waals surface area contributed by atoms with E-state index in [1.165, 1.54) is 65.6 Å². The SMILES string of the molecule is C=CC(=O)Cl.C=CC(=O)N1CCN(C2N=CNc3cc(-n4cc(Cl)ccc4=O)c(Cl)cc32)CC1.CC(C)(C)OC(=O)N1CCN(c2ncnc3cc(-n4cc(Cl)ccc4=O)c(Cl)cc23)CC1.CCN(CC)CC. The smallest absolute Gasteiger partial charge is 0.410 e. The first-order valence-electron chi connectivity index (χ1n) is 23.5. The number of anilines is 2. The first kappa shape index (κ1) is 58.1.